The lowest BCUT2D eigenvalue weighted by molar-refractivity contribution is 0.575. The molecule has 0 saturated heterocycles. The zero-order valence-corrected chi connectivity index (χ0v) is 51.9. The molecule has 1 aliphatic rings. The highest BCUT2D eigenvalue weighted by molar-refractivity contribution is 6.15. The maximum Gasteiger partial charge on any atom is 0.146 e. The SMILES string of the molecule is Cc1cc(C)c2c(c1)c1cc(C)cc(C)c1n2-c1cc(-n2c3ccccc3c3ccccc32)c(C#N)c(-n2c3ccccc3c3ccccc32)c1.Cc1cc(C)c2c(c1)c1cc(C)cc(C)c1n2-c1cc(F)c(C#N)c(F)c1.c1ccc2c(c1)Cc1ccccc1-2. The van der Waals surface area contributed by atoms with Gasteiger partial charge in [0.25, 0.3) is 0 Å². The van der Waals surface area contributed by atoms with Crippen molar-refractivity contribution in [3.8, 4) is 46.0 Å². The third-order valence-electron chi connectivity index (χ3n) is 18.5. The Morgan fingerprint density at radius 2 is 0.593 bits per heavy atom. The molecule has 16 aromatic rings. The lowest BCUT2D eigenvalue weighted by Gasteiger charge is -2.20. The van der Waals surface area contributed by atoms with Crippen molar-refractivity contribution in [1.29, 1.82) is 10.5 Å². The molecule has 0 fully saturated rings. The summed E-state index contributed by atoms with van der Waals surface area (Å²) in [5, 5.41) is 29.5. The summed E-state index contributed by atoms with van der Waals surface area (Å²) in [6, 6.07) is 80.3. The van der Waals surface area contributed by atoms with Gasteiger partial charge in [0.15, 0.2) is 0 Å². The fraction of sp³-hybridized carbons (Fsp3) is 0.108. The second-order valence-corrected chi connectivity index (χ2v) is 24.7. The van der Waals surface area contributed by atoms with E-state index in [0.29, 0.717) is 11.3 Å². The van der Waals surface area contributed by atoms with E-state index in [-0.39, 0.29) is 0 Å². The van der Waals surface area contributed by atoms with Crippen molar-refractivity contribution in [2.45, 2.75) is 61.8 Å². The second-order valence-electron chi connectivity index (χ2n) is 24.7. The number of nitriles is 2. The predicted molar refractivity (Wildman–Crippen MR) is 372 cm³/mol. The standard InChI is InChI=1S/C47H34N4.C23H18F2N2.C13H10/c1-28-21-30(3)46-37(23-28)38-24-29(2)22-31(4)47(38)49(46)32-25-44(50-40-17-9-5-13-33(40)34-14-6-10-18-41(34)50)39(27-48)45(26-32)51-42-19-11-7-15-35(42)36-16-8-12-20-43(36)51;1-12-5-14(3)22-17(7-12)18-8-13(2)6-15(4)23(18)27(22)16-9-20(24)19(11-26)21(25)10-16;1-3-7-12-10(5-1)9-11-6-2-4-8-13(11)12/h5-26H,1-4H3;5-10H,1-4H3;1-8H,9H2. The van der Waals surface area contributed by atoms with Gasteiger partial charge in [0.05, 0.1) is 66.9 Å². The van der Waals surface area contributed by atoms with Crippen LogP contribution in [0, 0.1) is 89.7 Å². The summed E-state index contributed by atoms with van der Waals surface area (Å²) in [6.45, 7) is 16.9. The average Bonchev–Trinajstić information content (AvgIpc) is 1.61. The third kappa shape index (κ3) is 9.00. The van der Waals surface area contributed by atoms with E-state index in [1.165, 1.54) is 78.4 Å². The van der Waals surface area contributed by atoms with E-state index >= 15 is 0 Å². The molecule has 8 heteroatoms. The molecule has 0 N–H and O–H groups in total. The van der Waals surface area contributed by atoms with E-state index in [2.05, 4.69) is 254 Å². The van der Waals surface area contributed by atoms with Crippen LogP contribution in [0.2, 0.25) is 0 Å². The molecular weight excluding hydrogens is 1120 g/mol. The van der Waals surface area contributed by atoms with Gasteiger partial charge in [-0.05, 0) is 179 Å². The van der Waals surface area contributed by atoms with Crippen LogP contribution >= 0.6 is 0 Å². The van der Waals surface area contributed by atoms with Gasteiger partial charge in [-0.2, -0.15) is 10.5 Å². The number of hydrogen-bond acceptors (Lipinski definition) is 2. The Labute approximate surface area is 526 Å². The summed E-state index contributed by atoms with van der Waals surface area (Å²) in [5.41, 5.74) is 26.7. The van der Waals surface area contributed by atoms with E-state index in [4.69, 9.17) is 5.26 Å². The first kappa shape index (κ1) is 56.2. The van der Waals surface area contributed by atoms with E-state index in [0.717, 1.165) is 111 Å². The van der Waals surface area contributed by atoms with Gasteiger partial charge in [0.1, 0.15) is 34.9 Å². The Morgan fingerprint density at radius 1 is 0.308 bits per heavy atom. The molecule has 4 aromatic heterocycles. The van der Waals surface area contributed by atoms with Crippen LogP contribution in [-0.2, 0) is 6.42 Å². The van der Waals surface area contributed by atoms with Gasteiger partial charge in [0.2, 0.25) is 0 Å². The van der Waals surface area contributed by atoms with Crippen molar-refractivity contribution in [3.63, 3.8) is 0 Å². The largest absolute Gasteiger partial charge is 0.309 e. The first-order chi connectivity index (χ1) is 44.2. The Bertz CT molecular complexity index is 5410. The second kappa shape index (κ2) is 21.8. The average molecular weight is 1180 g/mol. The van der Waals surface area contributed by atoms with Gasteiger partial charge < -0.3 is 18.3 Å². The van der Waals surface area contributed by atoms with Crippen LogP contribution in [-0.4, -0.2) is 18.3 Å². The number of benzene rings is 12. The Kier molecular flexibility index (Phi) is 13.4. The summed E-state index contributed by atoms with van der Waals surface area (Å²) in [7, 11) is 0. The van der Waals surface area contributed by atoms with Crippen molar-refractivity contribution >= 4 is 87.2 Å². The van der Waals surface area contributed by atoms with E-state index in [1.807, 2.05) is 32.3 Å². The van der Waals surface area contributed by atoms with Crippen molar-refractivity contribution in [2.24, 2.45) is 0 Å². The summed E-state index contributed by atoms with van der Waals surface area (Å²) in [4.78, 5) is 0. The van der Waals surface area contributed by atoms with Gasteiger partial charge in [-0.1, -0.05) is 168 Å². The molecule has 0 aliphatic heterocycles. The Hall–Kier alpha value is -11.3. The maximum absolute atomic E-state index is 14.4. The number of aromatic nitrogens is 4. The topological polar surface area (TPSA) is 67.3 Å². The molecule has 91 heavy (non-hydrogen) atoms. The molecule has 0 amide bonds. The van der Waals surface area contributed by atoms with Crippen molar-refractivity contribution < 1.29 is 8.78 Å². The highest BCUT2D eigenvalue weighted by Gasteiger charge is 2.26. The number of fused-ring (bicyclic) bond motifs is 15. The number of rotatable bonds is 4. The fourth-order valence-electron chi connectivity index (χ4n) is 15.0. The number of nitrogens with zero attached hydrogens (tertiary/aromatic N) is 6. The third-order valence-corrected chi connectivity index (χ3v) is 18.5. The van der Waals surface area contributed by atoms with Crippen LogP contribution in [0.4, 0.5) is 8.78 Å². The van der Waals surface area contributed by atoms with Crippen molar-refractivity contribution in [1.82, 2.24) is 18.3 Å². The minimum Gasteiger partial charge on any atom is -0.309 e. The van der Waals surface area contributed by atoms with Crippen LogP contribution in [0.15, 0.2) is 218 Å². The molecule has 0 unspecified atom stereocenters. The smallest absolute Gasteiger partial charge is 0.146 e. The minimum atomic E-state index is -0.850. The normalized spacial score (nSPS) is 11.8. The molecule has 6 nitrogen and oxygen atoms in total. The maximum atomic E-state index is 14.4. The van der Waals surface area contributed by atoms with Crippen LogP contribution in [0.5, 0.6) is 0 Å². The lowest BCUT2D eigenvalue weighted by atomic mass is 10.0. The number of halogens is 2. The van der Waals surface area contributed by atoms with Crippen molar-refractivity contribution in [2.75, 3.05) is 0 Å². The molecule has 438 valence electrons. The predicted octanol–water partition coefficient (Wildman–Crippen LogP) is 21.5. The molecule has 1 aliphatic carbocycles. The molecule has 0 bridgehead atoms. The molecule has 12 aromatic carbocycles. The van der Waals surface area contributed by atoms with Crippen molar-refractivity contribution in [3.05, 3.63) is 297 Å². The zero-order chi connectivity index (χ0) is 62.7. The highest BCUT2D eigenvalue weighted by Crippen LogP contribution is 2.44. The van der Waals surface area contributed by atoms with Gasteiger partial charge in [0, 0.05) is 43.1 Å². The minimum absolute atomic E-state index is 0.378. The summed E-state index contributed by atoms with van der Waals surface area (Å²) >= 11 is 0. The summed E-state index contributed by atoms with van der Waals surface area (Å²) in [6.07, 6.45) is 1.10. The molecule has 0 atom stereocenters. The zero-order valence-electron chi connectivity index (χ0n) is 51.9. The first-order valence-electron chi connectivity index (χ1n) is 30.9. The van der Waals surface area contributed by atoms with Crippen LogP contribution in [0.3, 0.4) is 0 Å². The molecule has 4 heterocycles. The van der Waals surface area contributed by atoms with Gasteiger partial charge in [-0.25, -0.2) is 8.78 Å². The molecule has 0 saturated carbocycles. The first-order valence-corrected chi connectivity index (χ1v) is 30.9. The van der Waals surface area contributed by atoms with Gasteiger partial charge in [-0.3, -0.25) is 0 Å². The van der Waals surface area contributed by atoms with Gasteiger partial charge in [-0.15, -0.1) is 0 Å². The van der Waals surface area contributed by atoms with E-state index in [1.54, 1.807) is 6.07 Å². The molecular formula is C83H62F2N6. The summed E-state index contributed by atoms with van der Waals surface area (Å²) in [5.74, 6) is -1.70. The Morgan fingerprint density at radius 3 is 0.912 bits per heavy atom. The lowest BCUT2D eigenvalue weighted by Crippen LogP contribution is -2.08. The van der Waals surface area contributed by atoms with E-state index < -0.39 is 17.2 Å². The monoisotopic (exact) mass is 1180 g/mol. The van der Waals surface area contributed by atoms with E-state index in [9.17, 15) is 14.0 Å². The van der Waals surface area contributed by atoms with Crippen LogP contribution < -0.4 is 0 Å². The molecule has 0 radical (unpaired) electrons. The highest BCUT2D eigenvalue weighted by atomic mass is 19.1. The number of para-hydroxylation sites is 4. The number of hydrogen-bond donors (Lipinski definition) is 0. The molecule has 0 spiro atoms. The molecule has 17 rings (SSSR count). The van der Waals surface area contributed by atoms with Gasteiger partial charge >= 0.3 is 0 Å². The quantitative estimate of drug-likeness (QED) is 0.176. The number of aryl methyl sites for hydroxylation is 8. The summed E-state index contributed by atoms with van der Waals surface area (Å²) < 4.78 is 37.7. The van der Waals surface area contributed by atoms with Crippen LogP contribution in [0.1, 0.15) is 66.8 Å². The Balaban J connectivity index is 0.000000142. The fourth-order valence-corrected chi connectivity index (χ4v) is 15.0. The van der Waals surface area contributed by atoms with Crippen LogP contribution in [0.25, 0.3) is 121 Å².